The van der Waals surface area contributed by atoms with Gasteiger partial charge in [0.25, 0.3) is 0 Å². The number of hydrogen-bond donors (Lipinski definition) is 1. The lowest BCUT2D eigenvalue weighted by atomic mass is 10.2. The summed E-state index contributed by atoms with van der Waals surface area (Å²) >= 11 is 0. The third kappa shape index (κ3) is 6.29. The summed E-state index contributed by atoms with van der Waals surface area (Å²) in [6, 6.07) is 10.6. The van der Waals surface area contributed by atoms with Gasteiger partial charge in [0.15, 0.2) is 0 Å². The van der Waals surface area contributed by atoms with Crippen molar-refractivity contribution in [3.63, 3.8) is 0 Å². The summed E-state index contributed by atoms with van der Waals surface area (Å²) in [5, 5.41) is 3.04. The summed E-state index contributed by atoms with van der Waals surface area (Å²) in [5.74, 6) is 0.278. The van der Waals surface area contributed by atoms with Crippen LogP contribution in [0.15, 0.2) is 30.3 Å². The zero-order valence-corrected chi connectivity index (χ0v) is 14.5. The maximum absolute atomic E-state index is 12.0. The SMILES string of the molecule is CNCCC(=O)N1CCN(CCN(C)Cc2ccccc2)CC1. The van der Waals surface area contributed by atoms with Crippen molar-refractivity contribution in [3.8, 4) is 0 Å². The van der Waals surface area contributed by atoms with Gasteiger partial charge in [0.1, 0.15) is 0 Å². The molecule has 1 aromatic rings. The predicted molar refractivity (Wildman–Crippen MR) is 94.3 cm³/mol. The van der Waals surface area contributed by atoms with Crippen molar-refractivity contribution in [1.29, 1.82) is 0 Å². The summed E-state index contributed by atoms with van der Waals surface area (Å²) in [6.07, 6.45) is 0.607. The molecule has 1 N–H and O–H groups in total. The van der Waals surface area contributed by atoms with E-state index < -0.39 is 0 Å². The fraction of sp³-hybridized carbons (Fsp3) is 0.611. The first-order valence-electron chi connectivity index (χ1n) is 8.56. The minimum Gasteiger partial charge on any atom is -0.340 e. The van der Waals surface area contributed by atoms with Crippen LogP contribution in [0.25, 0.3) is 0 Å². The van der Waals surface area contributed by atoms with Crippen LogP contribution in [0, 0.1) is 0 Å². The van der Waals surface area contributed by atoms with Gasteiger partial charge in [-0.15, -0.1) is 0 Å². The highest BCUT2D eigenvalue weighted by Gasteiger charge is 2.20. The van der Waals surface area contributed by atoms with E-state index in [0.717, 1.165) is 52.4 Å². The third-order valence-electron chi connectivity index (χ3n) is 4.41. The van der Waals surface area contributed by atoms with E-state index in [1.807, 2.05) is 11.9 Å². The van der Waals surface area contributed by atoms with Crippen LogP contribution >= 0.6 is 0 Å². The van der Waals surface area contributed by atoms with Crippen molar-refractivity contribution < 1.29 is 4.79 Å². The first kappa shape index (κ1) is 17.9. The Morgan fingerprint density at radius 2 is 1.87 bits per heavy atom. The summed E-state index contributed by atoms with van der Waals surface area (Å²) in [5.41, 5.74) is 1.36. The van der Waals surface area contributed by atoms with Gasteiger partial charge >= 0.3 is 0 Å². The molecule has 1 aliphatic heterocycles. The van der Waals surface area contributed by atoms with E-state index in [0.29, 0.717) is 6.42 Å². The summed E-state index contributed by atoms with van der Waals surface area (Å²) < 4.78 is 0. The van der Waals surface area contributed by atoms with Crippen LogP contribution in [0.4, 0.5) is 0 Å². The van der Waals surface area contributed by atoms with Gasteiger partial charge in [-0.1, -0.05) is 30.3 Å². The standard InChI is InChI=1S/C18H30N4O/c1-19-9-8-18(23)22-14-12-21(13-15-22)11-10-20(2)16-17-6-4-3-5-7-17/h3-7,19H,8-16H2,1-2H3. The highest BCUT2D eigenvalue weighted by Crippen LogP contribution is 2.05. The zero-order chi connectivity index (χ0) is 16.5. The highest BCUT2D eigenvalue weighted by molar-refractivity contribution is 5.76. The van der Waals surface area contributed by atoms with E-state index in [2.05, 4.69) is 52.5 Å². The molecule has 0 bridgehead atoms. The van der Waals surface area contributed by atoms with Crippen LogP contribution in [-0.4, -0.2) is 80.5 Å². The monoisotopic (exact) mass is 318 g/mol. The van der Waals surface area contributed by atoms with E-state index in [-0.39, 0.29) is 5.91 Å². The Morgan fingerprint density at radius 3 is 2.52 bits per heavy atom. The topological polar surface area (TPSA) is 38.8 Å². The number of piperazine rings is 1. The van der Waals surface area contributed by atoms with E-state index in [4.69, 9.17) is 0 Å². The minimum absolute atomic E-state index is 0.278. The summed E-state index contributed by atoms with van der Waals surface area (Å²) in [7, 11) is 4.06. The van der Waals surface area contributed by atoms with Crippen LogP contribution in [0.2, 0.25) is 0 Å². The molecule has 0 aliphatic carbocycles. The second-order valence-electron chi connectivity index (χ2n) is 6.30. The van der Waals surface area contributed by atoms with Crippen LogP contribution < -0.4 is 5.32 Å². The number of nitrogens with one attached hydrogen (secondary N) is 1. The second kappa shape index (κ2) is 9.65. The molecular weight excluding hydrogens is 288 g/mol. The molecule has 23 heavy (non-hydrogen) atoms. The molecular formula is C18H30N4O. The molecule has 1 aromatic carbocycles. The summed E-state index contributed by atoms with van der Waals surface area (Å²) in [4.78, 5) is 18.8. The van der Waals surface area contributed by atoms with Gasteiger partial charge in [-0.25, -0.2) is 0 Å². The maximum Gasteiger partial charge on any atom is 0.223 e. The van der Waals surface area contributed by atoms with E-state index >= 15 is 0 Å². The van der Waals surface area contributed by atoms with E-state index in [9.17, 15) is 4.79 Å². The van der Waals surface area contributed by atoms with E-state index in [1.54, 1.807) is 0 Å². The number of likely N-dealkylation sites (N-methyl/N-ethyl adjacent to an activating group) is 1. The zero-order valence-electron chi connectivity index (χ0n) is 14.5. The van der Waals surface area contributed by atoms with Gasteiger partial charge in [0.05, 0.1) is 0 Å². The molecule has 128 valence electrons. The second-order valence-corrected chi connectivity index (χ2v) is 6.30. The molecule has 5 heteroatoms. The van der Waals surface area contributed by atoms with Crippen LogP contribution in [-0.2, 0) is 11.3 Å². The highest BCUT2D eigenvalue weighted by atomic mass is 16.2. The van der Waals surface area contributed by atoms with Crippen LogP contribution in [0.3, 0.4) is 0 Å². The van der Waals surface area contributed by atoms with Gasteiger partial charge < -0.3 is 15.1 Å². The Kier molecular flexibility index (Phi) is 7.52. The molecule has 0 atom stereocenters. The quantitative estimate of drug-likeness (QED) is 0.772. The average molecular weight is 318 g/mol. The number of carbonyl (C=O) groups excluding carboxylic acids is 1. The smallest absolute Gasteiger partial charge is 0.223 e. The Balaban J connectivity index is 1.63. The van der Waals surface area contributed by atoms with Crippen LogP contribution in [0.1, 0.15) is 12.0 Å². The van der Waals surface area contributed by atoms with Gasteiger partial charge in [0.2, 0.25) is 5.91 Å². The first-order chi connectivity index (χ1) is 11.2. The largest absolute Gasteiger partial charge is 0.340 e. The van der Waals surface area contributed by atoms with Crippen molar-refractivity contribution in [2.24, 2.45) is 0 Å². The Labute approximate surface area is 140 Å². The van der Waals surface area contributed by atoms with Crippen molar-refractivity contribution in [3.05, 3.63) is 35.9 Å². The first-order valence-corrected chi connectivity index (χ1v) is 8.56. The van der Waals surface area contributed by atoms with Crippen molar-refractivity contribution in [1.82, 2.24) is 20.0 Å². The molecule has 0 unspecified atom stereocenters. The lowest BCUT2D eigenvalue weighted by Crippen LogP contribution is -2.50. The molecule has 2 rings (SSSR count). The number of amides is 1. The molecule has 1 fully saturated rings. The minimum atomic E-state index is 0.278. The van der Waals surface area contributed by atoms with Crippen LogP contribution in [0.5, 0.6) is 0 Å². The van der Waals surface area contributed by atoms with Crippen molar-refractivity contribution >= 4 is 5.91 Å². The van der Waals surface area contributed by atoms with Gasteiger partial charge in [0, 0.05) is 58.8 Å². The molecule has 1 heterocycles. The molecule has 1 aliphatic rings. The average Bonchev–Trinajstić information content (AvgIpc) is 2.59. The molecule has 0 saturated carbocycles. The van der Waals surface area contributed by atoms with Gasteiger partial charge in [-0.2, -0.15) is 0 Å². The lowest BCUT2D eigenvalue weighted by molar-refractivity contribution is -0.132. The molecule has 1 amide bonds. The fourth-order valence-electron chi connectivity index (χ4n) is 2.90. The number of carbonyl (C=O) groups is 1. The number of rotatable bonds is 8. The Bertz CT molecular complexity index is 457. The number of benzene rings is 1. The predicted octanol–water partition coefficient (Wildman–Crippen LogP) is 0.872. The lowest BCUT2D eigenvalue weighted by Gasteiger charge is -2.35. The number of hydrogen-bond acceptors (Lipinski definition) is 4. The molecule has 5 nitrogen and oxygen atoms in total. The Morgan fingerprint density at radius 1 is 1.17 bits per heavy atom. The summed E-state index contributed by atoms with van der Waals surface area (Å²) in [6.45, 7) is 7.60. The molecule has 1 saturated heterocycles. The molecule has 0 radical (unpaired) electrons. The van der Waals surface area contributed by atoms with Gasteiger partial charge in [-0.3, -0.25) is 9.69 Å². The van der Waals surface area contributed by atoms with Crippen molar-refractivity contribution in [2.75, 3.05) is 59.9 Å². The number of nitrogens with zero attached hydrogens (tertiary/aromatic N) is 3. The fourth-order valence-corrected chi connectivity index (χ4v) is 2.90. The molecule has 0 spiro atoms. The normalized spacial score (nSPS) is 16.0. The van der Waals surface area contributed by atoms with Crippen molar-refractivity contribution in [2.45, 2.75) is 13.0 Å². The Hall–Kier alpha value is -1.43. The maximum atomic E-state index is 12.0. The molecule has 0 aromatic heterocycles. The van der Waals surface area contributed by atoms with Gasteiger partial charge in [-0.05, 0) is 19.7 Å². The van der Waals surface area contributed by atoms with E-state index in [1.165, 1.54) is 5.56 Å². The third-order valence-corrected chi connectivity index (χ3v) is 4.41.